The molecule has 0 saturated carbocycles. The number of hydrogen-bond acceptors (Lipinski definition) is 7. The van der Waals surface area contributed by atoms with E-state index in [4.69, 9.17) is 43.3 Å². The van der Waals surface area contributed by atoms with Crippen LogP contribution >= 0.6 is 7.82 Å². The molecule has 5 atom stereocenters. The molecule has 0 radical (unpaired) electrons. The van der Waals surface area contributed by atoms with Gasteiger partial charge < -0.3 is 43.8 Å². The minimum absolute atomic E-state index is 0.0364. The van der Waals surface area contributed by atoms with Crippen molar-refractivity contribution in [2.45, 2.75) is 37.1 Å². The molecule has 1 heterocycles. The first-order valence-electron chi connectivity index (χ1n) is 6.00. The van der Waals surface area contributed by atoms with Crippen LogP contribution in [0.1, 0.15) is 6.42 Å². The Bertz CT molecular complexity index is 313. The zero-order valence-electron chi connectivity index (χ0n) is 12.0. The molecule has 0 amide bonds. The van der Waals surface area contributed by atoms with E-state index < -0.39 is 32.4 Å². The first-order chi connectivity index (χ1) is 9.69. The molecule has 0 aromatic heterocycles. The summed E-state index contributed by atoms with van der Waals surface area (Å²) in [5.74, 6) is 0. The number of aliphatic hydroxyl groups is 2. The fourth-order valence-corrected chi connectivity index (χ4v) is 2.06. The smallest absolute Gasteiger partial charge is 0.396 e. The highest BCUT2D eigenvalue weighted by atomic mass is 31.2. The first-order valence-corrected chi connectivity index (χ1v) is 7.57. The fourth-order valence-electron chi connectivity index (χ4n) is 2.06. The molecule has 11 heteroatoms. The lowest BCUT2D eigenvalue weighted by Crippen LogP contribution is -2.59. The summed E-state index contributed by atoms with van der Waals surface area (Å²) in [6.07, 6.45) is -2.48. The highest BCUT2D eigenvalue weighted by molar-refractivity contribution is 7.45. The Labute approximate surface area is 122 Å². The number of hydrogen-bond donors (Lipinski definition) is 5. The zero-order chi connectivity index (χ0) is 16.6. The molecule has 1 fully saturated rings. The van der Waals surface area contributed by atoms with Crippen LogP contribution < -0.4 is 0 Å². The van der Waals surface area contributed by atoms with Crippen LogP contribution in [0.15, 0.2) is 0 Å². The van der Waals surface area contributed by atoms with Crippen LogP contribution in [0.25, 0.3) is 0 Å². The van der Waals surface area contributed by atoms with E-state index in [1.165, 1.54) is 21.3 Å². The van der Waals surface area contributed by atoms with Crippen LogP contribution in [-0.4, -0.2) is 83.5 Å². The minimum Gasteiger partial charge on any atom is -0.396 e. The van der Waals surface area contributed by atoms with Crippen molar-refractivity contribution in [3.8, 4) is 0 Å². The summed E-state index contributed by atoms with van der Waals surface area (Å²) < 4.78 is 29.9. The highest BCUT2D eigenvalue weighted by Gasteiger charge is 2.46. The fraction of sp³-hybridized carbons (Fsp3) is 1.00. The lowest BCUT2D eigenvalue weighted by molar-refractivity contribution is -0.296. The first kappa shape index (κ1) is 20.9. The molecule has 21 heavy (non-hydrogen) atoms. The van der Waals surface area contributed by atoms with Crippen molar-refractivity contribution in [3.05, 3.63) is 0 Å². The van der Waals surface area contributed by atoms with Gasteiger partial charge in [0.1, 0.15) is 18.3 Å². The van der Waals surface area contributed by atoms with Crippen molar-refractivity contribution in [2.75, 3.05) is 27.9 Å². The van der Waals surface area contributed by atoms with E-state index in [2.05, 4.69) is 0 Å². The van der Waals surface area contributed by atoms with Crippen LogP contribution in [0, 0.1) is 0 Å². The van der Waals surface area contributed by atoms with E-state index in [-0.39, 0.29) is 12.7 Å². The minimum atomic E-state index is -4.64. The van der Waals surface area contributed by atoms with Gasteiger partial charge in [-0.25, -0.2) is 4.57 Å². The third kappa shape index (κ3) is 7.61. The second kappa shape index (κ2) is 9.80. The van der Waals surface area contributed by atoms with Gasteiger partial charge in [-0.15, -0.1) is 0 Å². The van der Waals surface area contributed by atoms with Gasteiger partial charge in [-0.2, -0.15) is 0 Å². The van der Waals surface area contributed by atoms with Crippen LogP contribution in [0.4, 0.5) is 0 Å². The highest BCUT2D eigenvalue weighted by Crippen LogP contribution is 2.27. The van der Waals surface area contributed by atoms with Gasteiger partial charge in [0.15, 0.2) is 6.29 Å². The molecule has 1 aliphatic rings. The molecule has 5 N–H and O–H groups in total. The summed E-state index contributed by atoms with van der Waals surface area (Å²) in [6.45, 7) is -0.0364. The summed E-state index contributed by atoms with van der Waals surface area (Å²) in [7, 11) is -0.103. The average Bonchev–Trinajstić information content (AvgIpc) is 2.36. The Morgan fingerprint density at radius 3 is 1.76 bits per heavy atom. The van der Waals surface area contributed by atoms with E-state index in [0.717, 1.165) is 0 Å². The van der Waals surface area contributed by atoms with Crippen molar-refractivity contribution in [1.29, 1.82) is 0 Å². The lowest BCUT2D eigenvalue weighted by atomic mass is 9.96. The third-order valence-electron chi connectivity index (χ3n) is 2.84. The lowest BCUT2D eigenvalue weighted by Gasteiger charge is -2.43. The Morgan fingerprint density at radius 2 is 1.43 bits per heavy atom. The van der Waals surface area contributed by atoms with Gasteiger partial charge in [-0.1, -0.05) is 0 Å². The normalized spacial score (nSPS) is 33.2. The van der Waals surface area contributed by atoms with Crippen molar-refractivity contribution >= 4 is 7.82 Å². The third-order valence-corrected chi connectivity index (χ3v) is 2.84. The molecule has 0 bridgehead atoms. The number of aliphatic hydroxyl groups excluding tert-OH is 2. The van der Waals surface area contributed by atoms with E-state index in [1.807, 2.05) is 0 Å². The Kier molecular flexibility index (Phi) is 9.74. The molecule has 1 unspecified atom stereocenters. The zero-order valence-corrected chi connectivity index (χ0v) is 12.9. The number of rotatable bonds is 5. The van der Waals surface area contributed by atoms with Crippen molar-refractivity contribution < 1.29 is 48.4 Å². The molecular formula is C10H23O10P. The van der Waals surface area contributed by atoms with E-state index in [0.29, 0.717) is 6.42 Å². The molecule has 128 valence electrons. The van der Waals surface area contributed by atoms with Gasteiger partial charge in [0.2, 0.25) is 0 Å². The monoisotopic (exact) mass is 334 g/mol. The molecule has 0 aliphatic carbocycles. The quantitative estimate of drug-likeness (QED) is 0.364. The SMILES string of the molecule is CO[C@H]1[C@H](OC)[C@@H](CCO)OC(O)[C@H]1OC.O=P(O)(O)O. The molecule has 1 aliphatic heterocycles. The molecule has 0 aromatic rings. The van der Waals surface area contributed by atoms with Gasteiger partial charge in [-0.05, 0) is 6.42 Å². The Morgan fingerprint density at radius 1 is 1.00 bits per heavy atom. The maximum absolute atomic E-state index is 9.72. The predicted octanol–water partition coefficient (Wildman–Crippen LogP) is -1.80. The second-order valence-electron chi connectivity index (χ2n) is 4.19. The van der Waals surface area contributed by atoms with E-state index >= 15 is 0 Å². The van der Waals surface area contributed by atoms with Crippen LogP contribution in [0.2, 0.25) is 0 Å². The average molecular weight is 334 g/mol. The summed E-state index contributed by atoms with van der Waals surface area (Å²) in [5.41, 5.74) is 0. The summed E-state index contributed by atoms with van der Waals surface area (Å²) >= 11 is 0. The summed E-state index contributed by atoms with van der Waals surface area (Å²) in [6, 6.07) is 0. The Hall–Kier alpha value is -0.130. The van der Waals surface area contributed by atoms with Crippen LogP contribution in [0.3, 0.4) is 0 Å². The van der Waals surface area contributed by atoms with Crippen molar-refractivity contribution in [3.63, 3.8) is 0 Å². The van der Waals surface area contributed by atoms with Crippen molar-refractivity contribution in [2.24, 2.45) is 0 Å². The summed E-state index contributed by atoms with van der Waals surface area (Å²) in [5, 5.41) is 18.6. The van der Waals surface area contributed by atoms with Crippen LogP contribution in [0.5, 0.6) is 0 Å². The van der Waals surface area contributed by atoms with Gasteiger partial charge in [-0.3, -0.25) is 0 Å². The molecule has 10 nitrogen and oxygen atoms in total. The maximum Gasteiger partial charge on any atom is 0.466 e. The standard InChI is InChI=1S/C10H20O6.H3O4P/c1-13-7-6(4-5-11)16-10(12)9(15-3)8(7)14-2;1-5(2,3)4/h6-12H,4-5H2,1-3H3;(H3,1,2,3,4)/t6-,7-,8+,9+,10?;/m1./s1. The molecule has 0 aromatic carbocycles. The second-order valence-corrected chi connectivity index (χ2v) is 5.22. The van der Waals surface area contributed by atoms with Gasteiger partial charge >= 0.3 is 7.82 Å². The topological polar surface area (TPSA) is 155 Å². The number of phosphoric acid groups is 1. The molecule has 1 saturated heterocycles. The van der Waals surface area contributed by atoms with E-state index in [1.54, 1.807) is 0 Å². The Balaban J connectivity index is 0.000000690. The largest absolute Gasteiger partial charge is 0.466 e. The van der Waals surface area contributed by atoms with E-state index in [9.17, 15) is 5.11 Å². The summed E-state index contributed by atoms with van der Waals surface area (Å²) in [4.78, 5) is 21.6. The number of ether oxygens (including phenoxy) is 4. The predicted molar refractivity (Wildman–Crippen MR) is 69.2 cm³/mol. The van der Waals surface area contributed by atoms with Gasteiger partial charge in [0, 0.05) is 27.9 Å². The maximum atomic E-state index is 9.72. The van der Waals surface area contributed by atoms with Crippen molar-refractivity contribution in [1.82, 2.24) is 0 Å². The molecule has 0 spiro atoms. The molecular weight excluding hydrogens is 311 g/mol. The van der Waals surface area contributed by atoms with Crippen LogP contribution in [-0.2, 0) is 23.5 Å². The van der Waals surface area contributed by atoms with Gasteiger partial charge in [0.05, 0.1) is 6.10 Å². The number of methoxy groups -OCH3 is 3. The molecule has 1 rings (SSSR count). The van der Waals surface area contributed by atoms with Gasteiger partial charge in [0.25, 0.3) is 0 Å².